The molecule has 0 saturated carbocycles. The summed E-state index contributed by atoms with van der Waals surface area (Å²) in [5.74, 6) is -0.0249. The predicted octanol–water partition coefficient (Wildman–Crippen LogP) is 6.02. The Balaban J connectivity index is 1.48. The van der Waals surface area contributed by atoms with Gasteiger partial charge in [0.05, 0.1) is 29.0 Å². The SMILES string of the molecule is CC(=NNC(=O)CSc1nc2ccccc2n1Cc1ccccc1Cl)c1ccc(Cl)cc1. The fourth-order valence-corrected chi connectivity index (χ4v) is 4.31. The standard InChI is InChI=1S/C24H20Cl2N4OS/c1-16(17-10-12-19(25)13-11-17)28-29-23(31)15-32-24-27-21-8-4-5-9-22(21)30(24)14-18-6-2-3-7-20(18)26/h2-13H,14-15H2,1H3,(H,29,31). The fraction of sp³-hybridized carbons (Fsp3) is 0.125. The highest BCUT2D eigenvalue weighted by molar-refractivity contribution is 7.99. The molecule has 1 amide bonds. The van der Waals surface area contributed by atoms with Gasteiger partial charge in [-0.15, -0.1) is 0 Å². The number of nitrogens with zero attached hydrogens (tertiary/aromatic N) is 3. The third kappa shape index (κ3) is 5.33. The highest BCUT2D eigenvalue weighted by Gasteiger charge is 2.14. The number of carbonyl (C=O) groups is 1. The summed E-state index contributed by atoms with van der Waals surface area (Å²) >= 11 is 13.7. The van der Waals surface area contributed by atoms with Crippen molar-refractivity contribution < 1.29 is 4.79 Å². The minimum atomic E-state index is -0.209. The number of hydrogen-bond donors (Lipinski definition) is 1. The van der Waals surface area contributed by atoms with Gasteiger partial charge in [-0.25, -0.2) is 10.4 Å². The third-order valence-corrected chi connectivity index (χ3v) is 6.45. The van der Waals surface area contributed by atoms with Crippen molar-refractivity contribution in [2.75, 3.05) is 5.75 Å². The Morgan fingerprint density at radius 3 is 2.53 bits per heavy atom. The monoisotopic (exact) mass is 482 g/mol. The number of amides is 1. The first kappa shape index (κ1) is 22.4. The van der Waals surface area contributed by atoms with Crippen LogP contribution in [0.15, 0.2) is 83.1 Å². The molecule has 0 unspecified atom stereocenters. The predicted molar refractivity (Wildman–Crippen MR) is 133 cm³/mol. The number of imidazole rings is 1. The first-order valence-corrected chi connectivity index (χ1v) is 11.7. The Kier molecular flexibility index (Phi) is 7.15. The molecule has 0 atom stereocenters. The van der Waals surface area contributed by atoms with E-state index in [-0.39, 0.29) is 11.7 Å². The van der Waals surface area contributed by atoms with Gasteiger partial charge in [-0.3, -0.25) is 4.79 Å². The second-order valence-electron chi connectivity index (χ2n) is 7.09. The van der Waals surface area contributed by atoms with E-state index in [2.05, 4.69) is 15.1 Å². The van der Waals surface area contributed by atoms with E-state index in [9.17, 15) is 4.79 Å². The van der Waals surface area contributed by atoms with E-state index in [1.165, 1.54) is 11.8 Å². The van der Waals surface area contributed by atoms with Crippen LogP contribution in [0, 0.1) is 0 Å². The van der Waals surface area contributed by atoms with Crippen LogP contribution in [0.4, 0.5) is 0 Å². The van der Waals surface area contributed by atoms with Crippen LogP contribution in [0.5, 0.6) is 0 Å². The molecule has 0 spiro atoms. The Bertz CT molecular complexity index is 1280. The third-order valence-electron chi connectivity index (χ3n) is 4.85. The average Bonchev–Trinajstić information content (AvgIpc) is 3.15. The van der Waals surface area contributed by atoms with Crippen molar-refractivity contribution in [2.45, 2.75) is 18.6 Å². The maximum atomic E-state index is 12.4. The number of nitrogens with one attached hydrogen (secondary N) is 1. The molecule has 1 heterocycles. The molecule has 0 bridgehead atoms. The number of benzene rings is 3. The molecule has 8 heteroatoms. The topological polar surface area (TPSA) is 59.3 Å². The summed E-state index contributed by atoms with van der Waals surface area (Å²) in [7, 11) is 0. The molecule has 0 fully saturated rings. The Hall–Kier alpha value is -2.80. The smallest absolute Gasteiger partial charge is 0.250 e. The van der Waals surface area contributed by atoms with Crippen molar-refractivity contribution in [3.63, 3.8) is 0 Å². The summed E-state index contributed by atoms with van der Waals surface area (Å²) in [4.78, 5) is 17.1. The summed E-state index contributed by atoms with van der Waals surface area (Å²) in [6, 6.07) is 22.9. The summed E-state index contributed by atoms with van der Waals surface area (Å²) in [6.07, 6.45) is 0. The summed E-state index contributed by atoms with van der Waals surface area (Å²) in [6.45, 7) is 2.40. The van der Waals surface area contributed by atoms with Crippen LogP contribution in [0.3, 0.4) is 0 Å². The molecule has 32 heavy (non-hydrogen) atoms. The quantitative estimate of drug-likeness (QED) is 0.199. The number of thioether (sulfide) groups is 1. The number of carbonyl (C=O) groups excluding carboxylic acids is 1. The lowest BCUT2D eigenvalue weighted by Gasteiger charge is -2.10. The zero-order chi connectivity index (χ0) is 22.5. The van der Waals surface area contributed by atoms with Gasteiger partial charge in [0.2, 0.25) is 0 Å². The first-order chi connectivity index (χ1) is 15.5. The second-order valence-corrected chi connectivity index (χ2v) is 8.87. The molecule has 0 saturated heterocycles. The fourth-order valence-electron chi connectivity index (χ4n) is 3.18. The highest BCUT2D eigenvalue weighted by atomic mass is 35.5. The Morgan fingerprint density at radius 1 is 1.03 bits per heavy atom. The number of para-hydroxylation sites is 2. The maximum absolute atomic E-state index is 12.4. The van der Waals surface area contributed by atoms with Gasteiger partial charge >= 0.3 is 0 Å². The van der Waals surface area contributed by atoms with E-state index < -0.39 is 0 Å². The number of halogens is 2. The van der Waals surface area contributed by atoms with E-state index in [1.807, 2.05) is 67.6 Å². The van der Waals surface area contributed by atoms with Crippen molar-refractivity contribution in [2.24, 2.45) is 5.10 Å². The van der Waals surface area contributed by atoms with E-state index in [0.29, 0.717) is 22.3 Å². The minimum Gasteiger partial charge on any atom is -0.314 e. The molecular weight excluding hydrogens is 463 g/mol. The normalized spacial score (nSPS) is 11.7. The molecule has 3 aromatic carbocycles. The van der Waals surface area contributed by atoms with Gasteiger partial charge in [-0.1, -0.05) is 77.4 Å². The lowest BCUT2D eigenvalue weighted by Crippen LogP contribution is -2.21. The second kappa shape index (κ2) is 10.2. The largest absolute Gasteiger partial charge is 0.314 e. The molecular formula is C24H20Cl2N4OS. The van der Waals surface area contributed by atoms with Crippen LogP contribution < -0.4 is 5.43 Å². The zero-order valence-corrected chi connectivity index (χ0v) is 19.6. The number of hydrogen-bond acceptors (Lipinski definition) is 4. The summed E-state index contributed by atoms with van der Waals surface area (Å²) in [5.41, 5.74) is 7.07. The van der Waals surface area contributed by atoms with E-state index >= 15 is 0 Å². The number of hydrazone groups is 1. The molecule has 0 aliphatic heterocycles. The van der Waals surface area contributed by atoms with Crippen molar-refractivity contribution in [3.8, 4) is 0 Å². The van der Waals surface area contributed by atoms with Gasteiger partial charge < -0.3 is 4.57 Å². The van der Waals surface area contributed by atoms with Crippen molar-refractivity contribution in [3.05, 3.63) is 94.0 Å². The molecule has 1 N–H and O–H groups in total. The minimum absolute atomic E-state index is 0.184. The van der Waals surface area contributed by atoms with Gasteiger partial charge in [-0.2, -0.15) is 5.10 Å². The van der Waals surface area contributed by atoms with E-state index in [1.54, 1.807) is 12.1 Å². The molecule has 162 valence electrons. The van der Waals surface area contributed by atoms with Crippen LogP contribution in [0.1, 0.15) is 18.1 Å². The van der Waals surface area contributed by atoms with Crippen LogP contribution in [-0.2, 0) is 11.3 Å². The van der Waals surface area contributed by atoms with Gasteiger partial charge in [0.1, 0.15) is 0 Å². The van der Waals surface area contributed by atoms with Crippen LogP contribution >= 0.6 is 35.0 Å². The zero-order valence-electron chi connectivity index (χ0n) is 17.3. The van der Waals surface area contributed by atoms with E-state index in [4.69, 9.17) is 28.2 Å². The van der Waals surface area contributed by atoms with Crippen molar-refractivity contribution in [1.29, 1.82) is 0 Å². The Morgan fingerprint density at radius 2 is 1.75 bits per heavy atom. The lowest BCUT2D eigenvalue weighted by molar-refractivity contribution is -0.118. The van der Waals surface area contributed by atoms with Crippen LogP contribution in [-0.4, -0.2) is 26.9 Å². The van der Waals surface area contributed by atoms with Gasteiger partial charge in [-0.05, 0) is 48.4 Å². The molecule has 4 rings (SSSR count). The molecule has 0 radical (unpaired) electrons. The van der Waals surface area contributed by atoms with Crippen LogP contribution in [0.2, 0.25) is 10.0 Å². The maximum Gasteiger partial charge on any atom is 0.250 e. The first-order valence-electron chi connectivity index (χ1n) is 9.92. The molecule has 0 aliphatic carbocycles. The number of fused-ring (bicyclic) bond motifs is 1. The van der Waals surface area contributed by atoms with Gasteiger partial charge in [0.25, 0.3) is 5.91 Å². The van der Waals surface area contributed by atoms with Gasteiger partial charge in [0, 0.05) is 10.0 Å². The number of aromatic nitrogens is 2. The molecule has 5 nitrogen and oxygen atoms in total. The van der Waals surface area contributed by atoms with Crippen LogP contribution in [0.25, 0.3) is 11.0 Å². The van der Waals surface area contributed by atoms with E-state index in [0.717, 1.165) is 27.3 Å². The molecule has 1 aromatic heterocycles. The lowest BCUT2D eigenvalue weighted by atomic mass is 10.1. The van der Waals surface area contributed by atoms with Crippen molar-refractivity contribution >= 4 is 57.6 Å². The van der Waals surface area contributed by atoms with Crippen molar-refractivity contribution in [1.82, 2.24) is 15.0 Å². The summed E-state index contributed by atoms with van der Waals surface area (Å²) in [5, 5.41) is 6.30. The summed E-state index contributed by atoms with van der Waals surface area (Å²) < 4.78 is 2.08. The Labute approximate surface area is 200 Å². The number of rotatable bonds is 7. The average molecular weight is 483 g/mol. The molecule has 0 aliphatic rings. The highest BCUT2D eigenvalue weighted by Crippen LogP contribution is 2.27. The molecule has 4 aromatic rings. The van der Waals surface area contributed by atoms with Gasteiger partial charge in [0.15, 0.2) is 5.16 Å².